The number of aliphatic hydroxyl groups is 1. The predicted octanol–water partition coefficient (Wildman–Crippen LogP) is 9.63. The summed E-state index contributed by atoms with van der Waals surface area (Å²) >= 11 is 20.9. The molecule has 3 aromatic carbocycles. The summed E-state index contributed by atoms with van der Waals surface area (Å²) in [6.07, 6.45) is 10.5. The average molecular weight is 1040 g/mol. The molecule has 0 unspecified atom stereocenters. The molecular weight excluding hydrogens is 1000 g/mol. The minimum Gasteiger partial charge on any atom is -0.479 e. The van der Waals surface area contributed by atoms with Gasteiger partial charge in [-0.05, 0) is 0 Å². The van der Waals surface area contributed by atoms with Crippen molar-refractivity contribution in [3.8, 4) is 45.9 Å². The molecule has 0 aliphatic rings. The van der Waals surface area contributed by atoms with Crippen LogP contribution in [0.25, 0.3) is 50.7 Å². The Hall–Kier alpha value is -5.04. The Labute approximate surface area is 379 Å². The predicted molar refractivity (Wildman–Crippen MR) is 249 cm³/mol. The largest absolute Gasteiger partial charge is 0.479 e. The molecule has 306 valence electrons. The molecule has 0 saturated heterocycles. The van der Waals surface area contributed by atoms with Crippen LogP contribution in [0.15, 0.2) is 133 Å². The second-order valence-corrected chi connectivity index (χ2v) is 19.3. The van der Waals surface area contributed by atoms with E-state index in [1.807, 2.05) is 106 Å². The van der Waals surface area contributed by atoms with Crippen molar-refractivity contribution in [2.24, 2.45) is 0 Å². The van der Waals surface area contributed by atoms with Crippen molar-refractivity contribution in [1.82, 2.24) is 43.1 Å². The number of hydrogen-bond donors (Lipinski definition) is 2. The lowest BCUT2D eigenvalue weighted by Gasteiger charge is -2.06. The zero-order valence-corrected chi connectivity index (χ0v) is 38.2. The van der Waals surface area contributed by atoms with Gasteiger partial charge < -0.3 is 19.6 Å². The maximum Gasteiger partial charge on any atom is 0.369 e. The van der Waals surface area contributed by atoms with Gasteiger partial charge in [-0.25, -0.2) is 24.9 Å². The van der Waals surface area contributed by atoms with Crippen molar-refractivity contribution in [2.75, 3.05) is 14.2 Å². The van der Waals surface area contributed by atoms with Crippen molar-refractivity contribution in [3.63, 3.8) is 0 Å². The number of alkyl halides is 2. The van der Waals surface area contributed by atoms with Gasteiger partial charge in [0.2, 0.25) is 11.8 Å². The average Bonchev–Trinajstić information content (AvgIpc) is 4.04. The molecule has 19 heteroatoms. The summed E-state index contributed by atoms with van der Waals surface area (Å²) in [5, 5.41) is 9.26. The molecule has 0 atom stereocenters. The number of fused-ring (bicyclic) bond motifs is 3. The van der Waals surface area contributed by atoms with Crippen molar-refractivity contribution >= 4 is 90.2 Å². The quantitative estimate of drug-likeness (QED) is 0.112. The molecule has 0 amide bonds. The second kappa shape index (κ2) is 21.5. The molecule has 6 aromatic heterocycles. The van der Waals surface area contributed by atoms with Gasteiger partial charge in [0.25, 0.3) is 5.56 Å². The fourth-order valence-electron chi connectivity index (χ4n) is 6.00. The Morgan fingerprint density at radius 3 is 1.38 bits per heavy atom. The van der Waals surface area contributed by atoms with Crippen LogP contribution in [-0.2, 0) is 18.4 Å². The first-order valence-corrected chi connectivity index (χ1v) is 21.7. The van der Waals surface area contributed by atoms with Crippen LogP contribution in [0, 0.1) is 0 Å². The molecule has 2 N–H and O–H groups in total. The molecule has 9 aromatic rings. The van der Waals surface area contributed by atoms with E-state index in [0.29, 0.717) is 34.5 Å². The van der Waals surface area contributed by atoms with Crippen LogP contribution in [-0.4, -0.2) is 65.6 Å². The van der Waals surface area contributed by atoms with Gasteiger partial charge in [0, 0.05) is 41.0 Å². The number of imidazole rings is 3. The van der Waals surface area contributed by atoms with Crippen LogP contribution in [0.3, 0.4) is 0 Å². The van der Waals surface area contributed by atoms with E-state index in [2.05, 4.69) is 77.2 Å². The van der Waals surface area contributed by atoms with Crippen molar-refractivity contribution in [3.05, 3.63) is 156 Å². The minimum atomic E-state index is -0.178. The van der Waals surface area contributed by atoms with E-state index in [0.717, 1.165) is 50.9 Å². The summed E-state index contributed by atoms with van der Waals surface area (Å²) in [5.41, 5.74) is 6.91. The highest BCUT2D eigenvalue weighted by Crippen LogP contribution is 2.27. The zero-order chi connectivity index (χ0) is 42.6. The van der Waals surface area contributed by atoms with Crippen LogP contribution in [0.4, 0.5) is 0 Å². The smallest absolute Gasteiger partial charge is 0.369 e. The Bertz CT molecular complexity index is 2720. The molecule has 0 spiro atoms. The monoisotopic (exact) mass is 1030 g/mol. The summed E-state index contributed by atoms with van der Waals surface area (Å²) in [6, 6.07) is 29.6. The molecule has 0 saturated carbocycles. The molecule has 0 aliphatic heterocycles. The molecular formula is C41H35BBr3Cl2N9O4. The fourth-order valence-corrected chi connectivity index (χ4v) is 6.26. The Morgan fingerprint density at radius 1 is 0.617 bits per heavy atom. The Morgan fingerprint density at radius 2 is 1.00 bits per heavy atom. The number of nitrogens with zero attached hydrogens (tertiary/aromatic N) is 8. The number of rotatable bonds is 8. The van der Waals surface area contributed by atoms with Gasteiger partial charge in [0.15, 0.2) is 0 Å². The zero-order valence-electron chi connectivity index (χ0n) is 32.0. The lowest BCUT2D eigenvalue weighted by atomic mass is 10.2. The van der Waals surface area contributed by atoms with E-state index in [1.165, 1.54) is 0 Å². The summed E-state index contributed by atoms with van der Waals surface area (Å²) < 4.78 is 16.4. The van der Waals surface area contributed by atoms with Crippen molar-refractivity contribution in [1.29, 1.82) is 0 Å². The number of nitrogens with one attached hydrogen (secondary N) is 1. The van der Waals surface area contributed by atoms with E-state index in [9.17, 15) is 9.90 Å². The molecule has 0 fully saturated rings. The first-order chi connectivity index (χ1) is 29.2. The maximum atomic E-state index is 11.8. The molecule has 6 heterocycles. The number of halogens is 5. The molecule has 9 rings (SSSR count). The first kappa shape index (κ1) is 44.5. The van der Waals surface area contributed by atoms with E-state index >= 15 is 0 Å². The number of methoxy groups -OCH3 is 2. The number of hydrogen-bond acceptors (Lipinski definition) is 9. The standard InChI is InChI=1S/C14H12ClN3O.C14H13N3O2.C13H10ClN3O.BBr3/c1-19-14-12-8-16-13(10-5-3-2-4-6-10)18(12)9-11(7-15)17-14;1-19-14-12-7-15-13(10-5-3-2-4-6-10)17(12)8-11(9-18)16-14;14-6-10-8-17-11(13(18)16-10)7-15-12(17)9-4-2-1-3-5-9;2-1(3)4/h2-6,8-9H,7H2,1H3;2-8,18H,9H2,1H3;1-5,7-8H,6H2,(H,16,18);. The highest BCUT2D eigenvalue weighted by atomic mass is 79.9. The van der Waals surface area contributed by atoms with Gasteiger partial charge in [0.05, 0.1) is 62.6 Å². The van der Waals surface area contributed by atoms with Crippen LogP contribution in [0.2, 0.25) is 0 Å². The number of benzene rings is 3. The number of ether oxygens (including phenoxy) is 2. The lowest BCUT2D eigenvalue weighted by Crippen LogP contribution is -2.11. The molecule has 0 bridgehead atoms. The molecule has 13 nitrogen and oxygen atoms in total. The van der Waals surface area contributed by atoms with Crippen molar-refractivity contribution in [2.45, 2.75) is 18.4 Å². The van der Waals surface area contributed by atoms with Gasteiger partial charge in [-0.1, -0.05) is 91.0 Å². The van der Waals surface area contributed by atoms with Gasteiger partial charge >= 0.3 is 3.18 Å². The Balaban J connectivity index is 0.000000144. The fraction of sp³-hybridized carbons (Fsp3) is 0.122. The number of H-pyrrole nitrogens is 1. The van der Waals surface area contributed by atoms with Crippen LogP contribution in [0.1, 0.15) is 17.1 Å². The third-order valence-corrected chi connectivity index (χ3v) is 9.15. The van der Waals surface area contributed by atoms with E-state index < -0.39 is 0 Å². The molecule has 60 heavy (non-hydrogen) atoms. The lowest BCUT2D eigenvalue weighted by molar-refractivity contribution is 0.273. The summed E-state index contributed by atoms with van der Waals surface area (Å²) in [7, 11) is 3.15. The summed E-state index contributed by atoms with van der Waals surface area (Å²) in [6.45, 7) is -0.140. The third kappa shape index (κ3) is 10.6. The van der Waals surface area contributed by atoms with Crippen molar-refractivity contribution < 1.29 is 14.6 Å². The maximum absolute atomic E-state index is 11.8. The highest BCUT2D eigenvalue weighted by molar-refractivity contribution is 9.69. The summed E-state index contributed by atoms with van der Waals surface area (Å²) in [5.74, 6) is 3.97. The van der Waals surface area contributed by atoms with E-state index in [4.69, 9.17) is 32.7 Å². The second-order valence-electron chi connectivity index (χ2n) is 12.4. The Kier molecular flexibility index (Phi) is 15.9. The molecule has 0 aliphatic carbocycles. The normalized spacial score (nSPS) is 10.6. The number of aromatic amines is 1. The first-order valence-electron chi connectivity index (χ1n) is 17.9. The van der Waals surface area contributed by atoms with E-state index in [1.54, 1.807) is 49.6 Å². The topological polar surface area (TPSA) is 149 Å². The van der Waals surface area contributed by atoms with Crippen LogP contribution < -0.4 is 15.0 Å². The number of aliphatic hydroxyl groups excluding tert-OH is 1. The van der Waals surface area contributed by atoms with Gasteiger partial charge in [-0.15, -0.1) is 70.5 Å². The molecule has 0 radical (unpaired) electrons. The van der Waals surface area contributed by atoms with Crippen LogP contribution in [0.5, 0.6) is 11.8 Å². The highest BCUT2D eigenvalue weighted by Gasteiger charge is 2.14. The minimum absolute atomic E-state index is 0.140. The van der Waals surface area contributed by atoms with Gasteiger partial charge in [-0.3, -0.25) is 18.0 Å². The van der Waals surface area contributed by atoms with Gasteiger partial charge in [-0.2, -0.15) is 0 Å². The van der Waals surface area contributed by atoms with E-state index in [-0.39, 0.29) is 21.2 Å². The summed E-state index contributed by atoms with van der Waals surface area (Å²) in [4.78, 5) is 36.2. The SMILES string of the molecule is BrB(Br)Br.COc1nc(CCl)cn2c(-c3ccccc3)ncc12.COc1nc(CO)cn2c(-c3ccccc3)ncc12.O=c1[nH]c(CCl)cn2c(-c3ccccc3)ncc12. The van der Waals surface area contributed by atoms with Gasteiger partial charge in [0.1, 0.15) is 34.0 Å². The van der Waals surface area contributed by atoms with Crippen LogP contribution >= 0.6 is 70.5 Å². The number of aromatic nitrogens is 9. The third-order valence-electron chi connectivity index (χ3n) is 8.59.